The number of non-ortho nitro benzene ring substituents is 1. The normalized spacial score (nSPS) is 21.1. The minimum atomic E-state index is -3.73. The Morgan fingerprint density at radius 3 is 2.58 bits per heavy atom. The third-order valence-electron chi connectivity index (χ3n) is 6.55. The van der Waals surface area contributed by atoms with Gasteiger partial charge in [-0.05, 0) is 53.8 Å². The molecule has 3 aromatic rings. The van der Waals surface area contributed by atoms with Gasteiger partial charge in [-0.2, -0.15) is 0 Å². The summed E-state index contributed by atoms with van der Waals surface area (Å²) in [6.07, 6.45) is 5.03. The highest BCUT2D eigenvalue weighted by atomic mass is 32.2. The van der Waals surface area contributed by atoms with Crippen LogP contribution >= 0.6 is 0 Å². The lowest BCUT2D eigenvalue weighted by Gasteiger charge is -2.37. The second-order valence-electron chi connectivity index (χ2n) is 8.38. The zero-order valence-corrected chi connectivity index (χ0v) is 18.8. The molecule has 1 aliphatic heterocycles. The van der Waals surface area contributed by atoms with E-state index in [0.717, 1.165) is 23.2 Å². The van der Waals surface area contributed by atoms with Crippen molar-refractivity contribution < 1.29 is 13.3 Å². The van der Waals surface area contributed by atoms with Crippen LogP contribution in [0, 0.1) is 16.0 Å². The highest BCUT2D eigenvalue weighted by Crippen LogP contribution is 2.50. The minimum absolute atomic E-state index is 0.0303. The molecule has 168 valence electrons. The molecule has 1 N–H and O–H groups in total. The van der Waals surface area contributed by atoms with Gasteiger partial charge in [0, 0.05) is 30.8 Å². The molecule has 0 bridgehead atoms. The van der Waals surface area contributed by atoms with Crippen LogP contribution in [-0.2, 0) is 10.0 Å². The zero-order chi connectivity index (χ0) is 23.2. The summed E-state index contributed by atoms with van der Waals surface area (Å²) in [6, 6.07) is 20.8. The van der Waals surface area contributed by atoms with Crippen LogP contribution in [0.5, 0.6) is 0 Å². The Labute approximate surface area is 192 Å². The second-order valence-corrected chi connectivity index (χ2v) is 10.4. The van der Waals surface area contributed by atoms with Gasteiger partial charge in [0.2, 0.25) is 0 Å². The van der Waals surface area contributed by atoms with Gasteiger partial charge in [-0.15, -0.1) is 0 Å². The van der Waals surface area contributed by atoms with E-state index in [4.69, 9.17) is 0 Å². The first kappa shape index (κ1) is 21.2. The number of hydrogen-bond donors (Lipinski definition) is 1. The number of sulfonamides is 1. The van der Waals surface area contributed by atoms with E-state index in [1.54, 1.807) is 61.6 Å². The molecule has 0 aromatic heterocycles. The van der Waals surface area contributed by atoms with Crippen LogP contribution in [0.2, 0.25) is 0 Å². The molecule has 8 heteroatoms. The number of nitrogens with one attached hydrogen (secondary N) is 1. The third kappa shape index (κ3) is 3.66. The molecule has 3 atom stereocenters. The number of benzene rings is 3. The summed E-state index contributed by atoms with van der Waals surface area (Å²) in [5.41, 5.74) is 3.29. The molecule has 7 nitrogen and oxygen atoms in total. The SMILES string of the molecule is CN(c1ccccc1)S(=O)(=O)c1ccc2c(c1)C1C=CCC1C(c1cccc([N+](=O)[O-])c1)N2. The average Bonchev–Trinajstić information content (AvgIpc) is 3.33. The summed E-state index contributed by atoms with van der Waals surface area (Å²) >= 11 is 0. The van der Waals surface area contributed by atoms with E-state index in [-0.39, 0.29) is 33.4 Å². The van der Waals surface area contributed by atoms with Crippen molar-refractivity contribution in [3.8, 4) is 0 Å². The Morgan fingerprint density at radius 1 is 1.03 bits per heavy atom. The summed E-state index contributed by atoms with van der Waals surface area (Å²) in [4.78, 5) is 11.1. The first-order chi connectivity index (χ1) is 15.9. The van der Waals surface area contributed by atoms with Crippen LogP contribution in [0.15, 0.2) is 89.8 Å². The molecule has 0 amide bonds. The summed E-state index contributed by atoms with van der Waals surface area (Å²) in [7, 11) is -2.17. The minimum Gasteiger partial charge on any atom is -0.378 e. The van der Waals surface area contributed by atoms with Crippen LogP contribution in [-0.4, -0.2) is 20.4 Å². The average molecular weight is 462 g/mol. The highest BCUT2D eigenvalue weighted by Gasteiger charge is 2.39. The van der Waals surface area contributed by atoms with Crippen LogP contribution in [0.3, 0.4) is 0 Å². The molecule has 3 unspecified atom stereocenters. The fourth-order valence-corrected chi connectivity index (χ4v) is 6.06. The lowest BCUT2D eigenvalue weighted by atomic mass is 9.77. The molecule has 1 aliphatic carbocycles. The number of hydrogen-bond acceptors (Lipinski definition) is 5. The van der Waals surface area contributed by atoms with E-state index in [1.807, 2.05) is 12.1 Å². The number of nitro benzene ring substituents is 1. The predicted octanol–water partition coefficient (Wildman–Crippen LogP) is 5.25. The van der Waals surface area contributed by atoms with E-state index < -0.39 is 10.0 Å². The van der Waals surface area contributed by atoms with Crippen molar-refractivity contribution in [1.29, 1.82) is 0 Å². The summed E-state index contributed by atoms with van der Waals surface area (Å²) in [5.74, 6) is 0.173. The van der Waals surface area contributed by atoms with Gasteiger partial charge in [-0.3, -0.25) is 14.4 Å². The van der Waals surface area contributed by atoms with Gasteiger partial charge in [0.1, 0.15) is 0 Å². The number of fused-ring (bicyclic) bond motifs is 3. The van der Waals surface area contributed by atoms with E-state index in [1.165, 1.54) is 10.4 Å². The van der Waals surface area contributed by atoms with Gasteiger partial charge < -0.3 is 5.32 Å². The van der Waals surface area contributed by atoms with Gasteiger partial charge in [0.15, 0.2) is 0 Å². The Hall–Kier alpha value is -3.65. The van der Waals surface area contributed by atoms with Crippen molar-refractivity contribution in [3.63, 3.8) is 0 Å². The van der Waals surface area contributed by atoms with Gasteiger partial charge in [-0.1, -0.05) is 42.5 Å². The molecule has 1 heterocycles. The maximum atomic E-state index is 13.3. The summed E-state index contributed by atoms with van der Waals surface area (Å²) in [5, 5.41) is 14.8. The maximum Gasteiger partial charge on any atom is 0.269 e. The van der Waals surface area contributed by atoms with Crippen LogP contribution in [0.1, 0.15) is 29.5 Å². The standard InChI is InChI=1S/C25H23N3O4S/c1-27(18-8-3-2-4-9-18)33(31,32)20-13-14-24-23(16-20)21-11-6-12-22(21)25(26-24)17-7-5-10-19(15-17)28(29)30/h2-11,13-16,21-22,25-26H,12H2,1H3. The molecule has 0 saturated carbocycles. The van der Waals surface area contributed by atoms with Crippen molar-refractivity contribution >= 4 is 27.1 Å². The Morgan fingerprint density at radius 2 is 1.82 bits per heavy atom. The van der Waals surface area contributed by atoms with E-state index in [0.29, 0.717) is 5.69 Å². The van der Waals surface area contributed by atoms with Gasteiger partial charge in [0.05, 0.1) is 21.5 Å². The Balaban J connectivity index is 1.52. The van der Waals surface area contributed by atoms with Crippen molar-refractivity contribution in [3.05, 3.63) is 106 Å². The fourth-order valence-electron chi connectivity index (χ4n) is 4.83. The molecule has 33 heavy (non-hydrogen) atoms. The lowest BCUT2D eigenvalue weighted by Crippen LogP contribution is -2.30. The largest absolute Gasteiger partial charge is 0.378 e. The summed E-state index contributed by atoms with van der Waals surface area (Å²) in [6.45, 7) is 0. The van der Waals surface area contributed by atoms with E-state index in [9.17, 15) is 18.5 Å². The van der Waals surface area contributed by atoms with E-state index >= 15 is 0 Å². The molecule has 3 aromatic carbocycles. The van der Waals surface area contributed by atoms with Crippen molar-refractivity contribution in [2.75, 3.05) is 16.7 Å². The topological polar surface area (TPSA) is 92.5 Å². The molecule has 0 spiro atoms. The molecule has 0 radical (unpaired) electrons. The van der Waals surface area contributed by atoms with Crippen molar-refractivity contribution in [1.82, 2.24) is 0 Å². The fraction of sp³-hybridized carbons (Fsp3) is 0.200. The molecular formula is C25H23N3O4S. The number of anilines is 2. The van der Waals surface area contributed by atoms with E-state index in [2.05, 4.69) is 17.5 Å². The number of nitro groups is 1. The molecule has 0 fully saturated rings. The molecule has 0 saturated heterocycles. The van der Waals surface area contributed by atoms with Gasteiger partial charge in [-0.25, -0.2) is 8.42 Å². The van der Waals surface area contributed by atoms with Crippen molar-refractivity contribution in [2.24, 2.45) is 5.92 Å². The first-order valence-electron chi connectivity index (χ1n) is 10.7. The van der Waals surface area contributed by atoms with Gasteiger partial charge in [0.25, 0.3) is 15.7 Å². The number of allylic oxidation sites excluding steroid dienone is 2. The predicted molar refractivity (Wildman–Crippen MR) is 128 cm³/mol. The van der Waals surface area contributed by atoms with Crippen LogP contribution < -0.4 is 9.62 Å². The first-order valence-corrected chi connectivity index (χ1v) is 12.2. The Kier molecular flexibility index (Phi) is 5.17. The lowest BCUT2D eigenvalue weighted by molar-refractivity contribution is -0.384. The molecule has 2 aliphatic rings. The van der Waals surface area contributed by atoms with Gasteiger partial charge >= 0.3 is 0 Å². The van der Waals surface area contributed by atoms with Crippen molar-refractivity contribution in [2.45, 2.75) is 23.3 Å². The highest BCUT2D eigenvalue weighted by molar-refractivity contribution is 7.92. The quantitative estimate of drug-likeness (QED) is 0.318. The molecular weight excluding hydrogens is 438 g/mol. The maximum absolute atomic E-state index is 13.3. The summed E-state index contributed by atoms with van der Waals surface area (Å²) < 4.78 is 27.9. The number of rotatable bonds is 5. The number of para-hydroxylation sites is 1. The number of nitrogens with zero attached hydrogens (tertiary/aromatic N) is 2. The smallest absolute Gasteiger partial charge is 0.269 e. The van der Waals surface area contributed by atoms with Crippen LogP contribution in [0.25, 0.3) is 0 Å². The zero-order valence-electron chi connectivity index (χ0n) is 18.0. The monoisotopic (exact) mass is 461 g/mol. The Bertz CT molecular complexity index is 1360. The second kappa shape index (κ2) is 8.04. The van der Waals surface area contributed by atoms with Crippen LogP contribution in [0.4, 0.5) is 17.1 Å². The third-order valence-corrected chi connectivity index (χ3v) is 8.33. The molecule has 5 rings (SSSR count).